The van der Waals surface area contributed by atoms with Gasteiger partial charge < -0.3 is 15.0 Å². The number of benzene rings is 1. The molecule has 0 atom stereocenters. The Hall–Kier alpha value is -2.38. The third kappa shape index (κ3) is 5.55. The predicted molar refractivity (Wildman–Crippen MR) is 106 cm³/mol. The van der Waals surface area contributed by atoms with Crippen LogP contribution in [0.4, 0.5) is 0 Å². The minimum Gasteiger partial charge on any atom is -0.497 e. The second kappa shape index (κ2) is 9.53. The highest BCUT2D eigenvalue weighted by atomic mass is 32.1. The lowest BCUT2D eigenvalue weighted by atomic mass is 10.2. The van der Waals surface area contributed by atoms with E-state index in [2.05, 4.69) is 10.2 Å². The van der Waals surface area contributed by atoms with Crippen molar-refractivity contribution in [3.8, 4) is 5.75 Å². The summed E-state index contributed by atoms with van der Waals surface area (Å²) in [6.07, 6.45) is 0.877. The fourth-order valence-electron chi connectivity index (χ4n) is 3.10. The van der Waals surface area contributed by atoms with Gasteiger partial charge >= 0.3 is 0 Å². The predicted octanol–water partition coefficient (Wildman–Crippen LogP) is 2.22. The molecule has 1 fully saturated rings. The van der Waals surface area contributed by atoms with Crippen molar-refractivity contribution in [1.29, 1.82) is 0 Å². The Morgan fingerprint density at radius 3 is 2.63 bits per heavy atom. The number of ether oxygens (including phenoxy) is 1. The monoisotopic (exact) mass is 387 g/mol. The number of hydrogen-bond donors (Lipinski definition) is 1. The van der Waals surface area contributed by atoms with Crippen molar-refractivity contribution in [2.45, 2.75) is 13.0 Å². The molecular weight excluding hydrogens is 362 g/mol. The summed E-state index contributed by atoms with van der Waals surface area (Å²) in [6, 6.07) is 9.52. The Bertz CT molecular complexity index is 746. The van der Waals surface area contributed by atoms with Gasteiger partial charge in [-0.1, -0.05) is 12.1 Å². The number of amides is 2. The first-order valence-electron chi connectivity index (χ1n) is 9.09. The van der Waals surface area contributed by atoms with E-state index in [1.54, 1.807) is 7.11 Å². The first kappa shape index (κ1) is 19.4. The van der Waals surface area contributed by atoms with E-state index in [0.717, 1.165) is 36.4 Å². The quantitative estimate of drug-likeness (QED) is 0.826. The highest BCUT2D eigenvalue weighted by Gasteiger charge is 2.21. The minimum absolute atomic E-state index is 0.00318. The normalized spacial score (nSPS) is 15.2. The summed E-state index contributed by atoms with van der Waals surface area (Å²) < 4.78 is 5.13. The van der Waals surface area contributed by atoms with Gasteiger partial charge in [0.2, 0.25) is 5.91 Å². The topological polar surface area (TPSA) is 61.9 Å². The van der Waals surface area contributed by atoms with Gasteiger partial charge in [-0.25, -0.2) is 0 Å². The lowest BCUT2D eigenvalue weighted by molar-refractivity contribution is -0.122. The highest BCUT2D eigenvalue weighted by Crippen LogP contribution is 2.13. The smallest absolute Gasteiger partial charge is 0.254 e. The van der Waals surface area contributed by atoms with Gasteiger partial charge in [-0.15, -0.1) is 0 Å². The molecule has 3 rings (SSSR count). The molecule has 1 aliphatic rings. The van der Waals surface area contributed by atoms with Crippen LogP contribution in [0.25, 0.3) is 0 Å². The van der Waals surface area contributed by atoms with Crippen LogP contribution in [0.3, 0.4) is 0 Å². The Morgan fingerprint density at radius 2 is 1.93 bits per heavy atom. The molecule has 27 heavy (non-hydrogen) atoms. The summed E-state index contributed by atoms with van der Waals surface area (Å²) in [6.45, 7) is 3.78. The van der Waals surface area contributed by atoms with Gasteiger partial charge in [-0.2, -0.15) is 11.3 Å². The van der Waals surface area contributed by atoms with Gasteiger partial charge in [-0.3, -0.25) is 14.5 Å². The van der Waals surface area contributed by atoms with Crippen molar-refractivity contribution in [3.05, 3.63) is 52.2 Å². The van der Waals surface area contributed by atoms with Gasteiger partial charge in [-0.05, 0) is 35.6 Å². The summed E-state index contributed by atoms with van der Waals surface area (Å²) in [4.78, 5) is 28.7. The molecule has 0 spiro atoms. The van der Waals surface area contributed by atoms with Crippen LogP contribution in [0.5, 0.6) is 5.75 Å². The zero-order valence-electron chi connectivity index (χ0n) is 15.5. The second-order valence-corrected chi connectivity index (χ2v) is 7.34. The molecular formula is C20H25N3O3S. The van der Waals surface area contributed by atoms with Crippen LogP contribution in [0.2, 0.25) is 0 Å². The van der Waals surface area contributed by atoms with Gasteiger partial charge in [0.15, 0.2) is 0 Å². The van der Waals surface area contributed by atoms with E-state index in [0.29, 0.717) is 26.2 Å². The number of carbonyl (C=O) groups excluding carboxylic acids is 2. The van der Waals surface area contributed by atoms with Crippen LogP contribution in [0, 0.1) is 0 Å². The van der Waals surface area contributed by atoms with E-state index in [4.69, 9.17) is 4.74 Å². The lowest BCUT2D eigenvalue weighted by Gasteiger charge is -2.21. The largest absolute Gasteiger partial charge is 0.497 e. The molecule has 144 valence electrons. The van der Waals surface area contributed by atoms with E-state index in [1.165, 1.54) is 11.3 Å². The van der Waals surface area contributed by atoms with Crippen LogP contribution in [0.15, 0.2) is 41.1 Å². The van der Waals surface area contributed by atoms with Gasteiger partial charge in [0.05, 0.1) is 19.2 Å². The minimum atomic E-state index is 0.00318. The average molecular weight is 388 g/mol. The van der Waals surface area contributed by atoms with Crippen molar-refractivity contribution in [3.63, 3.8) is 0 Å². The van der Waals surface area contributed by atoms with Crippen molar-refractivity contribution in [2.24, 2.45) is 0 Å². The summed E-state index contributed by atoms with van der Waals surface area (Å²) in [5.41, 5.74) is 1.79. The number of thiophene rings is 1. The van der Waals surface area contributed by atoms with Crippen LogP contribution in [-0.2, 0) is 11.3 Å². The Kier molecular flexibility index (Phi) is 6.84. The first-order valence-corrected chi connectivity index (χ1v) is 10.0. The van der Waals surface area contributed by atoms with Crippen molar-refractivity contribution < 1.29 is 14.3 Å². The standard InChI is InChI=1S/C20H25N3O3S/c1-26-18-5-3-16(4-6-18)13-21-19(24)14-22-8-2-9-23(11-10-22)20(25)17-7-12-27-15-17/h3-7,12,15H,2,8-11,13-14H2,1H3,(H,21,24). The van der Waals surface area contributed by atoms with Crippen LogP contribution >= 0.6 is 11.3 Å². The fourth-order valence-corrected chi connectivity index (χ4v) is 3.73. The molecule has 2 heterocycles. The average Bonchev–Trinajstić information content (AvgIpc) is 3.13. The summed E-state index contributed by atoms with van der Waals surface area (Å²) >= 11 is 1.53. The molecule has 0 radical (unpaired) electrons. The molecule has 1 saturated heterocycles. The van der Waals surface area contributed by atoms with Gasteiger partial charge in [0, 0.05) is 38.1 Å². The van der Waals surface area contributed by atoms with E-state index in [-0.39, 0.29) is 11.8 Å². The number of nitrogens with zero attached hydrogens (tertiary/aromatic N) is 2. The molecule has 0 bridgehead atoms. The highest BCUT2D eigenvalue weighted by molar-refractivity contribution is 7.08. The number of hydrogen-bond acceptors (Lipinski definition) is 5. The van der Waals surface area contributed by atoms with Crippen molar-refractivity contribution in [2.75, 3.05) is 39.8 Å². The molecule has 2 aromatic rings. The molecule has 1 aliphatic heterocycles. The molecule has 0 saturated carbocycles. The Morgan fingerprint density at radius 1 is 1.11 bits per heavy atom. The molecule has 0 unspecified atom stereocenters. The van der Waals surface area contributed by atoms with Crippen LogP contribution in [-0.4, -0.2) is 61.4 Å². The third-order valence-corrected chi connectivity index (χ3v) is 5.34. The maximum absolute atomic E-state index is 12.5. The molecule has 1 aromatic carbocycles. The summed E-state index contributed by atoms with van der Waals surface area (Å²) in [5, 5.41) is 6.77. The molecule has 1 aromatic heterocycles. The van der Waals surface area contributed by atoms with E-state index in [9.17, 15) is 9.59 Å². The summed E-state index contributed by atoms with van der Waals surface area (Å²) in [5.74, 6) is 0.890. The lowest BCUT2D eigenvalue weighted by Crippen LogP contribution is -2.39. The van der Waals surface area contributed by atoms with E-state index >= 15 is 0 Å². The second-order valence-electron chi connectivity index (χ2n) is 6.56. The number of methoxy groups -OCH3 is 1. The Labute approximate surface area is 163 Å². The maximum Gasteiger partial charge on any atom is 0.254 e. The fraction of sp³-hybridized carbons (Fsp3) is 0.400. The number of rotatable bonds is 6. The maximum atomic E-state index is 12.5. The zero-order valence-corrected chi connectivity index (χ0v) is 16.3. The SMILES string of the molecule is COc1ccc(CNC(=O)CN2CCCN(C(=O)c3ccsc3)CC2)cc1. The Balaban J connectivity index is 1.43. The molecule has 6 nitrogen and oxygen atoms in total. The molecule has 2 amide bonds. The number of carbonyl (C=O) groups is 2. The van der Waals surface area contributed by atoms with E-state index < -0.39 is 0 Å². The summed E-state index contributed by atoms with van der Waals surface area (Å²) in [7, 11) is 1.63. The van der Waals surface area contributed by atoms with Crippen LogP contribution < -0.4 is 10.1 Å². The van der Waals surface area contributed by atoms with Gasteiger partial charge in [0.25, 0.3) is 5.91 Å². The molecule has 7 heteroatoms. The van der Waals surface area contributed by atoms with Crippen molar-refractivity contribution >= 4 is 23.2 Å². The zero-order chi connectivity index (χ0) is 19.1. The van der Waals surface area contributed by atoms with Crippen LogP contribution in [0.1, 0.15) is 22.3 Å². The molecule has 1 N–H and O–H groups in total. The number of nitrogens with one attached hydrogen (secondary N) is 1. The van der Waals surface area contributed by atoms with Crippen molar-refractivity contribution in [1.82, 2.24) is 15.1 Å². The third-order valence-electron chi connectivity index (χ3n) is 4.66. The first-order chi connectivity index (χ1) is 13.2. The molecule has 0 aliphatic carbocycles. The van der Waals surface area contributed by atoms with Gasteiger partial charge in [0.1, 0.15) is 5.75 Å². The van der Waals surface area contributed by atoms with E-state index in [1.807, 2.05) is 46.0 Å².